The van der Waals surface area contributed by atoms with E-state index in [9.17, 15) is 0 Å². The lowest BCUT2D eigenvalue weighted by Crippen LogP contribution is -3.15. The van der Waals surface area contributed by atoms with Crippen LogP contribution in [-0.4, -0.2) is 51.6 Å². The molecule has 1 heterocycles. The van der Waals surface area contributed by atoms with Crippen molar-refractivity contribution in [3.8, 4) is 11.5 Å². The molecule has 1 N–H and O–H groups in total. The Kier molecular flexibility index (Phi) is 6.85. The lowest BCUT2D eigenvalue weighted by atomic mass is 9.96. The maximum absolute atomic E-state index is 5.39. The number of piperazine rings is 1. The van der Waals surface area contributed by atoms with Crippen LogP contribution in [0.15, 0.2) is 84.0 Å². The van der Waals surface area contributed by atoms with Gasteiger partial charge in [-0.2, -0.15) is 5.10 Å². The summed E-state index contributed by atoms with van der Waals surface area (Å²) in [5, 5.41) is 6.88. The zero-order valence-electron chi connectivity index (χ0n) is 18.2. The molecule has 1 aliphatic rings. The summed E-state index contributed by atoms with van der Waals surface area (Å²) in [4.78, 5) is 1.58. The third-order valence-corrected chi connectivity index (χ3v) is 5.83. The van der Waals surface area contributed by atoms with Gasteiger partial charge in [-0.3, -0.25) is 5.01 Å². The Labute approximate surface area is 184 Å². The van der Waals surface area contributed by atoms with Gasteiger partial charge < -0.3 is 14.4 Å². The topological polar surface area (TPSA) is 38.5 Å². The molecule has 0 spiro atoms. The molecule has 0 radical (unpaired) electrons. The maximum atomic E-state index is 5.39. The molecular formula is C26H30N3O2+. The number of hydrazone groups is 1. The first-order valence-corrected chi connectivity index (χ1v) is 10.7. The summed E-state index contributed by atoms with van der Waals surface area (Å²) in [6.45, 7) is 3.93. The highest BCUT2D eigenvalue weighted by Gasteiger charge is 2.29. The van der Waals surface area contributed by atoms with Gasteiger partial charge >= 0.3 is 0 Å². The zero-order chi connectivity index (χ0) is 21.5. The molecule has 1 saturated heterocycles. The van der Waals surface area contributed by atoms with E-state index >= 15 is 0 Å². The van der Waals surface area contributed by atoms with E-state index in [1.54, 1.807) is 19.1 Å². The fraction of sp³-hybridized carbons (Fsp3) is 0.269. The van der Waals surface area contributed by atoms with E-state index in [-0.39, 0.29) is 0 Å². The summed E-state index contributed by atoms with van der Waals surface area (Å²) in [7, 11) is 3.29. The number of methoxy groups -OCH3 is 2. The standard InChI is InChI=1S/C26H29N3O2/c1-30-24-14-13-21(19-25(24)31-2)20-27-29-17-15-28(16-18-29)26(22-9-5-3-6-10-22)23-11-7-4-8-12-23/h3-14,19-20,26H,15-18H2,1-2H3/p+1/b27-20+. The van der Waals surface area contributed by atoms with Crippen LogP contribution in [0.3, 0.4) is 0 Å². The van der Waals surface area contributed by atoms with Gasteiger partial charge in [-0.1, -0.05) is 60.7 Å². The Morgan fingerprint density at radius 1 is 0.806 bits per heavy atom. The molecule has 31 heavy (non-hydrogen) atoms. The van der Waals surface area contributed by atoms with Gasteiger partial charge in [0.2, 0.25) is 0 Å². The Morgan fingerprint density at radius 3 is 1.94 bits per heavy atom. The van der Waals surface area contributed by atoms with Crippen molar-refractivity contribution in [2.75, 3.05) is 40.4 Å². The van der Waals surface area contributed by atoms with Crippen molar-refractivity contribution in [1.82, 2.24) is 5.01 Å². The number of nitrogens with one attached hydrogen (secondary N) is 1. The molecule has 5 heteroatoms. The summed E-state index contributed by atoms with van der Waals surface area (Å²) >= 11 is 0. The first kappa shape index (κ1) is 20.9. The van der Waals surface area contributed by atoms with Gasteiger partial charge in [0.25, 0.3) is 0 Å². The fourth-order valence-corrected chi connectivity index (χ4v) is 4.22. The molecule has 1 fully saturated rings. The molecule has 0 saturated carbocycles. The third kappa shape index (κ3) is 5.06. The van der Waals surface area contributed by atoms with E-state index in [4.69, 9.17) is 14.6 Å². The predicted molar refractivity (Wildman–Crippen MR) is 124 cm³/mol. The Bertz CT molecular complexity index is 945. The van der Waals surface area contributed by atoms with Crippen molar-refractivity contribution in [3.63, 3.8) is 0 Å². The van der Waals surface area contributed by atoms with Crippen LogP contribution in [0.2, 0.25) is 0 Å². The largest absolute Gasteiger partial charge is 0.493 e. The van der Waals surface area contributed by atoms with Crippen LogP contribution in [0.4, 0.5) is 0 Å². The van der Waals surface area contributed by atoms with Crippen molar-refractivity contribution < 1.29 is 14.4 Å². The number of nitrogens with zero attached hydrogens (tertiary/aromatic N) is 2. The zero-order valence-corrected chi connectivity index (χ0v) is 18.2. The minimum absolute atomic E-state index is 0.347. The van der Waals surface area contributed by atoms with Crippen LogP contribution in [0.5, 0.6) is 11.5 Å². The number of hydrogen-bond acceptors (Lipinski definition) is 4. The Hall–Kier alpha value is -3.31. The number of quaternary nitrogens is 1. The first-order valence-electron chi connectivity index (χ1n) is 10.7. The summed E-state index contributed by atoms with van der Waals surface area (Å²) in [6.07, 6.45) is 1.90. The van der Waals surface area contributed by atoms with Gasteiger partial charge in [-0.15, -0.1) is 0 Å². The van der Waals surface area contributed by atoms with E-state index in [1.807, 2.05) is 24.4 Å². The molecule has 4 rings (SSSR count). The molecule has 3 aromatic carbocycles. The molecule has 0 amide bonds. The fourth-order valence-electron chi connectivity index (χ4n) is 4.22. The molecule has 0 bridgehead atoms. The van der Waals surface area contributed by atoms with Crippen LogP contribution < -0.4 is 14.4 Å². The normalized spacial score (nSPS) is 14.9. The van der Waals surface area contributed by atoms with Gasteiger partial charge in [0.1, 0.15) is 6.04 Å². The van der Waals surface area contributed by atoms with Gasteiger partial charge in [-0.05, 0) is 23.8 Å². The molecule has 5 nitrogen and oxygen atoms in total. The second-order valence-electron chi connectivity index (χ2n) is 7.73. The first-order chi connectivity index (χ1) is 15.3. The lowest BCUT2D eigenvalue weighted by molar-refractivity contribution is -0.929. The SMILES string of the molecule is COc1ccc(/C=N/N2CC[NH+](C(c3ccccc3)c3ccccc3)CC2)cc1OC. The molecule has 0 unspecified atom stereocenters. The quantitative estimate of drug-likeness (QED) is 0.602. The summed E-state index contributed by atoms with van der Waals surface area (Å²) in [5.74, 6) is 1.44. The highest BCUT2D eigenvalue weighted by Crippen LogP contribution is 2.27. The molecular weight excluding hydrogens is 386 g/mol. The monoisotopic (exact) mass is 416 g/mol. The van der Waals surface area contributed by atoms with Crippen molar-refractivity contribution in [1.29, 1.82) is 0 Å². The summed E-state index contributed by atoms with van der Waals surface area (Å²) < 4.78 is 10.7. The van der Waals surface area contributed by atoms with Crippen LogP contribution in [-0.2, 0) is 0 Å². The number of hydrogen-bond donors (Lipinski definition) is 1. The van der Waals surface area contributed by atoms with Crippen molar-refractivity contribution >= 4 is 6.21 Å². The van der Waals surface area contributed by atoms with Crippen molar-refractivity contribution in [2.45, 2.75) is 6.04 Å². The second-order valence-corrected chi connectivity index (χ2v) is 7.73. The van der Waals surface area contributed by atoms with Gasteiger partial charge in [0, 0.05) is 11.1 Å². The van der Waals surface area contributed by atoms with Crippen LogP contribution in [0.1, 0.15) is 22.7 Å². The molecule has 0 aliphatic carbocycles. The average molecular weight is 417 g/mol. The Morgan fingerprint density at radius 2 is 1.39 bits per heavy atom. The highest BCUT2D eigenvalue weighted by molar-refractivity contribution is 5.80. The summed E-state index contributed by atoms with van der Waals surface area (Å²) in [5.41, 5.74) is 3.73. The van der Waals surface area contributed by atoms with Crippen molar-refractivity contribution in [3.05, 3.63) is 95.6 Å². The highest BCUT2D eigenvalue weighted by atomic mass is 16.5. The molecule has 3 aromatic rings. The van der Waals surface area contributed by atoms with Gasteiger partial charge in [0.05, 0.1) is 46.6 Å². The van der Waals surface area contributed by atoms with E-state index in [2.05, 4.69) is 65.7 Å². The molecule has 0 atom stereocenters. The molecule has 1 aliphatic heterocycles. The average Bonchev–Trinajstić information content (AvgIpc) is 2.85. The summed E-state index contributed by atoms with van der Waals surface area (Å²) in [6, 6.07) is 27.9. The molecule has 0 aromatic heterocycles. The molecule has 160 valence electrons. The number of benzene rings is 3. The van der Waals surface area contributed by atoms with Gasteiger partial charge in [0.15, 0.2) is 11.5 Å². The second kappa shape index (κ2) is 10.1. The van der Waals surface area contributed by atoms with E-state index in [0.29, 0.717) is 11.8 Å². The minimum Gasteiger partial charge on any atom is -0.493 e. The third-order valence-electron chi connectivity index (χ3n) is 5.83. The Balaban J connectivity index is 1.44. The number of ether oxygens (including phenoxy) is 2. The lowest BCUT2D eigenvalue weighted by Gasteiger charge is -2.36. The number of rotatable bonds is 7. The maximum Gasteiger partial charge on any atom is 0.161 e. The van der Waals surface area contributed by atoms with Crippen LogP contribution in [0, 0.1) is 0 Å². The van der Waals surface area contributed by atoms with Gasteiger partial charge in [-0.25, -0.2) is 0 Å². The minimum atomic E-state index is 0.347. The smallest absolute Gasteiger partial charge is 0.161 e. The van der Waals surface area contributed by atoms with Crippen LogP contribution >= 0.6 is 0 Å². The predicted octanol–water partition coefficient (Wildman–Crippen LogP) is 3.03. The van der Waals surface area contributed by atoms with Crippen LogP contribution in [0.25, 0.3) is 0 Å². The van der Waals surface area contributed by atoms with E-state index < -0.39 is 0 Å². The van der Waals surface area contributed by atoms with E-state index in [1.165, 1.54) is 11.1 Å². The van der Waals surface area contributed by atoms with E-state index in [0.717, 1.165) is 37.5 Å². The van der Waals surface area contributed by atoms with Crippen molar-refractivity contribution in [2.24, 2.45) is 5.10 Å².